The number of hydrogen-bond acceptors (Lipinski definition) is 2. The summed E-state index contributed by atoms with van der Waals surface area (Å²) >= 11 is 6.04. The SMILES string of the molecule is COc1ccc(C)cc1/C=C/C(=O)Nc1ccc(C)c(Cl)c1. The minimum absolute atomic E-state index is 0.219. The molecule has 114 valence electrons. The molecule has 0 saturated carbocycles. The number of carbonyl (C=O) groups is 1. The first-order valence-corrected chi connectivity index (χ1v) is 7.27. The van der Waals surface area contributed by atoms with Crippen LogP contribution in [0.5, 0.6) is 5.75 Å². The highest BCUT2D eigenvalue weighted by molar-refractivity contribution is 6.31. The van der Waals surface area contributed by atoms with Crippen LogP contribution in [0.15, 0.2) is 42.5 Å². The Bertz CT molecular complexity index is 723. The topological polar surface area (TPSA) is 38.3 Å². The van der Waals surface area contributed by atoms with Crippen molar-refractivity contribution in [1.82, 2.24) is 0 Å². The summed E-state index contributed by atoms with van der Waals surface area (Å²) in [5.74, 6) is 0.511. The van der Waals surface area contributed by atoms with Crippen LogP contribution < -0.4 is 10.1 Å². The second-order valence-corrected chi connectivity index (χ2v) is 5.44. The Balaban J connectivity index is 2.11. The number of ether oxygens (including phenoxy) is 1. The number of amides is 1. The molecule has 2 rings (SSSR count). The molecule has 0 atom stereocenters. The van der Waals surface area contributed by atoms with Crippen molar-refractivity contribution in [1.29, 1.82) is 0 Å². The third kappa shape index (κ3) is 4.12. The molecule has 0 saturated heterocycles. The van der Waals surface area contributed by atoms with Crippen LogP contribution in [0.25, 0.3) is 6.08 Å². The van der Waals surface area contributed by atoms with Gasteiger partial charge in [0.25, 0.3) is 0 Å². The largest absolute Gasteiger partial charge is 0.496 e. The first kappa shape index (κ1) is 16.1. The maximum absolute atomic E-state index is 12.0. The smallest absolute Gasteiger partial charge is 0.248 e. The fourth-order valence-electron chi connectivity index (χ4n) is 2.00. The zero-order valence-corrected chi connectivity index (χ0v) is 13.6. The molecule has 0 unspecified atom stereocenters. The molecular formula is C18H18ClNO2. The highest BCUT2D eigenvalue weighted by atomic mass is 35.5. The van der Waals surface area contributed by atoms with Crippen LogP contribution in [0, 0.1) is 13.8 Å². The fraction of sp³-hybridized carbons (Fsp3) is 0.167. The second kappa shape index (κ2) is 7.14. The van der Waals surface area contributed by atoms with Crippen molar-refractivity contribution >= 4 is 29.3 Å². The predicted octanol–water partition coefficient (Wildman–Crippen LogP) is 4.62. The normalized spacial score (nSPS) is 10.7. The number of carbonyl (C=O) groups excluding carboxylic acids is 1. The lowest BCUT2D eigenvalue weighted by molar-refractivity contribution is -0.111. The van der Waals surface area contributed by atoms with Gasteiger partial charge in [0.1, 0.15) is 5.75 Å². The molecule has 4 heteroatoms. The van der Waals surface area contributed by atoms with Crippen LogP contribution in [-0.2, 0) is 4.79 Å². The number of halogens is 1. The molecule has 2 aromatic carbocycles. The van der Waals surface area contributed by atoms with Crippen molar-refractivity contribution in [3.8, 4) is 5.75 Å². The van der Waals surface area contributed by atoms with E-state index in [9.17, 15) is 4.79 Å². The zero-order chi connectivity index (χ0) is 16.1. The number of methoxy groups -OCH3 is 1. The lowest BCUT2D eigenvalue weighted by Crippen LogP contribution is -2.07. The van der Waals surface area contributed by atoms with Crippen LogP contribution in [0.3, 0.4) is 0 Å². The molecule has 0 aliphatic carbocycles. The van der Waals surface area contributed by atoms with Gasteiger partial charge in [-0.15, -0.1) is 0 Å². The molecule has 0 radical (unpaired) electrons. The summed E-state index contributed by atoms with van der Waals surface area (Å²) < 4.78 is 5.28. The van der Waals surface area contributed by atoms with E-state index in [1.54, 1.807) is 19.3 Å². The Hall–Kier alpha value is -2.26. The van der Waals surface area contributed by atoms with Gasteiger partial charge in [-0.3, -0.25) is 4.79 Å². The molecule has 0 aliphatic rings. The predicted molar refractivity (Wildman–Crippen MR) is 91.6 cm³/mol. The van der Waals surface area contributed by atoms with E-state index in [1.165, 1.54) is 6.08 Å². The number of hydrogen-bond donors (Lipinski definition) is 1. The van der Waals surface area contributed by atoms with Crippen LogP contribution in [0.4, 0.5) is 5.69 Å². The summed E-state index contributed by atoms with van der Waals surface area (Å²) in [7, 11) is 1.61. The zero-order valence-electron chi connectivity index (χ0n) is 12.8. The van der Waals surface area contributed by atoms with E-state index in [0.717, 1.165) is 22.4 Å². The van der Waals surface area contributed by atoms with Crippen LogP contribution in [0.2, 0.25) is 5.02 Å². The van der Waals surface area contributed by atoms with Gasteiger partial charge in [-0.25, -0.2) is 0 Å². The van der Waals surface area contributed by atoms with Gasteiger partial charge in [0.05, 0.1) is 7.11 Å². The van der Waals surface area contributed by atoms with E-state index >= 15 is 0 Å². The number of rotatable bonds is 4. The Kier molecular flexibility index (Phi) is 5.23. The van der Waals surface area contributed by atoms with E-state index in [4.69, 9.17) is 16.3 Å². The van der Waals surface area contributed by atoms with Crippen molar-refractivity contribution < 1.29 is 9.53 Å². The molecule has 0 heterocycles. The van der Waals surface area contributed by atoms with E-state index in [-0.39, 0.29) is 5.91 Å². The average molecular weight is 316 g/mol. The van der Waals surface area contributed by atoms with E-state index in [1.807, 2.05) is 44.2 Å². The van der Waals surface area contributed by atoms with Crippen LogP contribution in [-0.4, -0.2) is 13.0 Å². The van der Waals surface area contributed by atoms with Gasteiger partial charge in [-0.05, 0) is 49.8 Å². The minimum atomic E-state index is -0.219. The molecule has 0 aromatic heterocycles. The lowest BCUT2D eigenvalue weighted by atomic mass is 10.1. The molecule has 0 aliphatic heterocycles. The summed E-state index contributed by atoms with van der Waals surface area (Å²) in [6, 6.07) is 11.2. The van der Waals surface area contributed by atoms with Crippen molar-refractivity contribution in [2.75, 3.05) is 12.4 Å². The van der Waals surface area contributed by atoms with Gasteiger partial charge in [0, 0.05) is 22.3 Å². The third-order valence-corrected chi connectivity index (χ3v) is 3.65. The molecule has 0 fully saturated rings. The Morgan fingerprint density at radius 2 is 1.95 bits per heavy atom. The highest BCUT2D eigenvalue weighted by Gasteiger charge is 2.03. The fourth-order valence-corrected chi connectivity index (χ4v) is 2.18. The van der Waals surface area contributed by atoms with Crippen molar-refractivity contribution in [3.05, 3.63) is 64.2 Å². The molecule has 0 spiro atoms. The van der Waals surface area contributed by atoms with Gasteiger partial charge in [0.2, 0.25) is 5.91 Å². The number of nitrogens with one attached hydrogen (secondary N) is 1. The number of benzene rings is 2. The summed E-state index contributed by atoms with van der Waals surface area (Å²) in [6.07, 6.45) is 3.21. The van der Waals surface area contributed by atoms with Crippen LogP contribution >= 0.6 is 11.6 Å². The highest BCUT2D eigenvalue weighted by Crippen LogP contribution is 2.22. The molecular weight excluding hydrogens is 298 g/mol. The summed E-state index contributed by atoms with van der Waals surface area (Å²) in [5.41, 5.74) is 3.60. The maximum atomic E-state index is 12.0. The maximum Gasteiger partial charge on any atom is 0.248 e. The first-order valence-electron chi connectivity index (χ1n) is 6.89. The summed E-state index contributed by atoms with van der Waals surface area (Å²) in [6.45, 7) is 3.91. The van der Waals surface area contributed by atoms with Crippen molar-refractivity contribution in [2.45, 2.75) is 13.8 Å². The molecule has 1 N–H and O–H groups in total. The molecule has 0 bridgehead atoms. The first-order chi connectivity index (χ1) is 10.5. The Labute approximate surface area is 135 Å². The molecule has 3 nitrogen and oxygen atoms in total. The van der Waals surface area contributed by atoms with Gasteiger partial charge in [-0.2, -0.15) is 0 Å². The van der Waals surface area contributed by atoms with Crippen LogP contribution in [0.1, 0.15) is 16.7 Å². The quantitative estimate of drug-likeness (QED) is 0.836. The number of anilines is 1. The molecule has 2 aromatic rings. The van der Waals surface area contributed by atoms with E-state index < -0.39 is 0 Å². The van der Waals surface area contributed by atoms with E-state index in [2.05, 4.69) is 5.32 Å². The second-order valence-electron chi connectivity index (χ2n) is 5.03. The molecule has 1 amide bonds. The van der Waals surface area contributed by atoms with E-state index in [0.29, 0.717) is 10.7 Å². The third-order valence-electron chi connectivity index (χ3n) is 3.24. The summed E-state index contributed by atoms with van der Waals surface area (Å²) in [4.78, 5) is 12.0. The summed E-state index contributed by atoms with van der Waals surface area (Å²) in [5, 5.41) is 3.41. The Morgan fingerprint density at radius 1 is 1.18 bits per heavy atom. The lowest BCUT2D eigenvalue weighted by Gasteiger charge is -2.06. The van der Waals surface area contributed by atoms with Gasteiger partial charge in [0.15, 0.2) is 0 Å². The minimum Gasteiger partial charge on any atom is -0.496 e. The average Bonchev–Trinajstić information content (AvgIpc) is 2.49. The van der Waals surface area contributed by atoms with Gasteiger partial charge < -0.3 is 10.1 Å². The monoisotopic (exact) mass is 315 g/mol. The Morgan fingerprint density at radius 3 is 2.64 bits per heavy atom. The van der Waals surface area contributed by atoms with Crippen molar-refractivity contribution in [3.63, 3.8) is 0 Å². The standard InChI is InChI=1S/C18H18ClNO2/c1-12-4-8-17(22-3)14(10-12)6-9-18(21)20-15-7-5-13(2)16(19)11-15/h4-11H,1-3H3,(H,20,21)/b9-6+. The molecule has 22 heavy (non-hydrogen) atoms. The van der Waals surface area contributed by atoms with Gasteiger partial charge in [-0.1, -0.05) is 29.3 Å². The van der Waals surface area contributed by atoms with Crippen molar-refractivity contribution in [2.24, 2.45) is 0 Å². The number of aryl methyl sites for hydroxylation is 2. The van der Waals surface area contributed by atoms with Gasteiger partial charge >= 0.3 is 0 Å².